The normalized spacial score (nSPS) is 17.7. The molecule has 11 nitrogen and oxygen atoms in total. The Kier molecular flexibility index (Phi) is 7.35. The van der Waals surface area contributed by atoms with Gasteiger partial charge in [0.2, 0.25) is 10.0 Å². The van der Waals surface area contributed by atoms with E-state index >= 15 is 0 Å². The summed E-state index contributed by atoms with van der Waals surface area (Å²) < 4.78 is 32.7. The van der Waals surface area contributed by atoms with Crippen LogP contribution in [0.15, 0.2) is 42.9 Å². The maximum absolute atomic E-state index is 12.0. The van der Waals surface area contributed by atoms with E-state index in [4.69, 9.17) is 21.3 Å². The van der Waals surface area contributed by atoms with Gasteiger partial charge in [-0.15, -0.1) is 0 Å². The summed E-state index contributed by atoms with van der Waals surface area (Å²) in [6.07, 6.45) is 7.83. The van der Waals surface area contributed by atoms with Gasteiger partial charge in [-0.05, 0) is 41.5 Å². The maximum Gasteiger partial charge on any atom is 0.211 e. The number of benzene rings is 1. The van der Waals surface area contributed by atoms with E-state index in [-0.39, 0.29) is 12.1 Å². The minimum atomic E-state index is -3.23. The van der Waals surface area contributed by atoms with Gasteiger partial charge in [0, 0.05) is 56.4 Å². The fourth-order valence-corrected chi connectivity index (χ4v) is 6.12. The zero-order valence-corrected chi connectivity index (χ0v) is 25.0. The third-order valence-electron chi connectivity index (χ3n) is 7.83. The number of ether oxygens (including phenoxy) is 1. The number of anilines is 3. The quantitative estimate of drug-likeness (QED) is 0.302. The van der Waals surface area contributed by atoms with Crippen molar-refractivity contribution >= 4 is 49.7 Å². The van der Waals surface area contributed by atoms with Crippen LogP contribution < -0.4 is 10.2 Å². The van der Waals surface area contributed by atoms with Crippen molar-refractivity contribution < 1.29 is 13.2 Å². The molecule has 2 saturated heterocycles. The third kappa shape index (κ3) is 5.61. The summed E-state index contributed by atoms with van der Waals surface area (Å²) in [5.41, 5.74) is 2.91. The summed E-state index contributed by atoms with van der Waals surface area (Å²) in [5, 5.41) is 10.2. The van der Waals surface area contributed by atoms with Gasteiger partial charge in [0.15, 0.2) is 11.0 Å². The molecule has 0 aliphatic carbocycles. The predicted molar refractivity (Wildman–Crippen MR) is 160 cm³/mol. The van der Waals surface area contributed by atoms with Gasteiger partial charge in [0.1, 0.15) is 11.6 Å². The standard InChI is InChI=1S/C28H33ClN8O3S/c1-17(2)20-5-6-24(36-13-18(14-36)35(3)41(4,38)39)22-12-31-26(11-21(20)22)32-25-7-9-30-28(33-25)23-16-37(34-27(23)29)15-19-8-10-40-19/h5-7,9,11-12,16-19H,8,10,13-15H2,1-4H3,(H,30,31,32,33)/t19-/m1/s1. The van der Waals surface area contributed by atoms with Gasteiger partial charge < -0.3 is 15.0 Å². The van der Waals surface area contributed by atoms with E-state index in [1.165, 1.54) is 16.1 Å². The molecule has 3 aromatic heterocycles. The number of nitrogens with zero attached hydrogens (tertiary/aromatic N) is 7. The van der Waals surface area contributed by atoms with Crippen LogP contribution in [0.3, 0.4) is 0 Å². The van der Waals surface area contributed by atoms with E-state index in [2.05, 4.69) is 51.3 Å². The summed E-state index contributed by atoms with van der Waals surface area (Å²) in [6, 6.07) is 8.04. The lowest BCUT2D eigenvalue weighted by atomic mass is 9.94. The number of fused-ring (bicyclic) bond motifs is 1. The molecular weight excluding hydrogens is 564 g/mol. The second-order valence-electron chi connectivity index (χ2n) is 11.0. The van der Waals surface area contributed by atoms with Gasteiger partial charge in [0.25, 0.3) is 0 Å². The molecular formula is C28H33ClN8O3S. The number of likely N-dealkylation sites (N-methyl/N-ethyl adjacent to an activating group) is 1. The summed E-state index contributed by atoms with van der Waals surface area (Å²) >= 11 is 6.43. The van der Waals surface area contributed by atoms with Crippen LogP contribution in [0, 0.1) is 0 Å². The molecule has 2 fully saturated rings. The topological polar surface area (TPSA) is 118 Å². The van der Waals surface area contributed by atoms with Gasteiger partial charge in [-0.3, -0.25) is 4.68 Å². The van der Waals surface area contributed by atoms with Gasteiger partial charge in [-0.1, -0.05) is 31.5 Å². The molecule has 0 spiro atoms. The van der Waals surface area contributed by atoms with E-state index < -0.39 is 10.0 Å². The average molecular weight is 597 g/mol. The SMILES string of the molecule is CC(C)c1ccc(N2CC(N(C)S(C)(=O)=O)C2)c2cnc(Nc3ccnc(-c4cn(C[C@H]5CCO5)nc4Cl)n3)cc12. The molecule has 2 aliphatic heterocycles. The number of sulfonamides is 1. The van der Waals surface area contributed by atoms with Gasteiger partial charge in [0.05, 0.1) is 30.5 Å². The number of pyridine rings is 1. The van der Waals surface area contributed by atoms with Crippen LogP contribution >= 0.6 is 11.6 Å². The first-order valence-corrected chi connectivity index (χ1v) is 15.8. The zero-order valence-electron chi connectivity index (χ0n) is 23.5. The Balaban J connectivity index is 1.25. The van der Waals surface area contributed by atoms with Crippen molar-refractivity contribution in [2.75, 3.05) is 43.2 Å². The second-order valence-corrected chi connectivity index (χ2v) is 13.4. The lowest BCUT2D eigenvalue weighted by molar-refractivity contribution is -0.0608. The van der Waals surface area contributed by atoms with E-state index in [1.807, 2.05) is 18.5 Å². The Morgan fingerprint density at radius 2 is 1.95 bits per heavy atom. The van der Waals surface area contributed by atoms with Gasteiger partial charge in [-0.25, -0.2) is 23.4 Å². The summed E-state index contributed by atoms with van der Waals surface area (Å²) in [5.74, 6) is 2.02. The Bertz CT molecular complexity index is 1700. The van der Waals surface area contributed by atoms with Crippen molar-refractivity contribution in [2.24, 2.45) is 0 Å². The van der Waals surface area contributed by atoms with Crippen LogP contribution in [0.1, 0.15) is 31.7 Å². The molecule has 0 amide bonds. The Morgan fingerprint density at radius 3 is 2.63 bits per heavy atom. The minimum absolute atomic E-state index is 0.0437. The summed E-state index contributed by atoms with van der Waals surface area (Å²) in [6.45, 7) is 7.03. The Labute approximate surface area is 244 Å². The number of aromatic nitrogens is 5. The van der Waals surface area contributed by atoms with Crippen LogP contribution in [-0.2, 0) is 21.3 Å². The van der Waals surface area contributed by atoms with Crippen LogP contribution in [0.4, 0.5) is 17.3 Å². The molecule has 216 valence electrons. The number of nitrogens with one attached hydrogen (secondary N) is 1. The molecule has 2 aliphatic rings. The zero-order chi connectivity index (χ0) is 28.9. The smallest absolute Gasteiger partial charge is 0.211 e. The third-order valence-corrected chi connectivity index (χ3v) is 9.45. The number of hydrogen-bond donors (Lipinski definition) is 1. The lowest BCUT2D eigenvalue weighted by Gasteiger charge is -2.44. The lowest BCUT2D eigenvalue weighted by Crippen LogP contribution is -2.59. The van der Waals surface area contributed by atoms with Crippen molar-refractivity contribution in [3.63, 3.8) is 0 Å². The highest BCUT2D eigenvalue weighted by Gasteiger charge is 2.35. The minimum Gasteiger partial charge on any atom is -0.376 e. The highest BCUT2D eigenvalue weighted by Crippen LogP contribution is 2.37. The maximum atomic E-state index is 12.0. The highest BCUT2D eigenvalue weighted by molar-refractivity contribution is 7.88. The van der Waals surface area contributed by atoms with Crippen molar-refractivity contribution in [2.45, 2.75) is 44.9 Å². The molecule has 1 N–H and O–H groups in total. The summed E-state index contributed by atoms with van der Waals surface area (Å²) in [7, 11) is -1.59. The molecule has 5 heterocycles. The van der Waals surface area contributed by atoms with Gasteiger partial charge in [-0.2, -0.15) is 9.40 Å². The largest absolute Gasteiger partial charge is 0.376 e. The van der Waals surface area contributed by atoms with Crippen LogP contribution in [0.25, 0.3) is 22.2 Å². The first-order chi connectivity index (χ1) is 19.6. The fraction of sp³-hybridized carbons (Fsp3) is 0.429. The van der Waals surface area contributed by atoms with Crippen molar-refractivity contribution in [1.82, 2.24) is 29.0 Å². The molecule has 1 aromatic carbocycles. The monoisotopic (exact) mass is 596 g/mol. The van der Waals surface area contributed by atoms with Crippen molar-refractivity contribution in [3.05, 3.63) is 53.6 Å². The number of rotatable bonds is 9. The van der Waals surface area contributed by atoms with Crippen molar-refractivity contribution in [1.29, 1.82) is 0 Å². The molecule has 0 saturated carbocycles. The number of halogens is 1. The Morgan fingerprint density at radius 1 is 1.17 bits per heavy atom. The molecule has 1 atom stereocenters. The van der Waals surface area contributed by atoms with Gasteiger partial charge >= 0.3 is 0 Å². The second kappa shape index (κ2) is 10.8. The van der Waals surface area contributed by atoms with E-state index in [0.29, 0.717) is 53.7 Å². The fourth-order valence-electron chi connectivity index (χ4n) is 5.21. The van der Waals surface area contributed by atoms with E-state index in [9.17, 15) is 8.42 Å². The first kappa shape index (κ1) is 27.8. The average Bonchev–Trinajstić information content (AvgIpc) is 3.24. The highest BCUT2D eigenvalue weighted by atomic mass is 35.5. The molecule has 0 bridgehead atoms. The number of hydrogen-bond acceptors (Lipinski definition) is 9. The van der Waals surface area contributed by atoms with Crippen LogP contribution in [-0.4, -0.2) is 82.6 Å². The molecule has 4 aromatic rings. The molecule has 0 radical (unpaired) electrons. The van der Waals surface area contributed by atoms with Crippen LogP contribution in [0.2, 0.25) is 5.15 Å². The molecule has 41 heavy (non-hydrogen) atoms. The molecule has 13 heteroatoms. The van der Waals surface area contributed by atoms with E-state index in [0.717, 1.165) is 29.5 Å². The van der Waals surface area contributed by atoms with Crippen LogP contribution in [0.5, 0.6) is 0 Å². The van der Waals surface area contributed by atoms with Crippen molar-refractivity contribution in [3.8, 4) is 11.4 Å². The van der Waals surface area contributed by atoms with E-state index in [1.54, 1.807) is 24.0 Å². The Hall–Kier alpha value is -3.32. The molecule has 0 unspecified atom stereocenters. The first-order valence-electron chi connectivity index (χ1n) is 13.6. The molecule has 6 rings (SSSR count). The predicted octanol–water partition coefficient (Wildman–Crippen LogP) is 4.28. The summed E-state index contributed by atoms with van der Waals surface area (Å²) in [4.78, 5) is 16.0.